The van der Waals surface area contributed by atoms with E-state index in [0.717, 1.165) is 6.42 Å². The Labute approximate surface area is 137 Å². The maximum atomic E-state index is 11.5. The van der Waals surface area contributed by atoms with Crippen LogP contribution in [0.4, 0.5) is 4.79 Å². The van der Waals surface area contributed by atoms with Crippen molar-refractivity contribution in [1.29, 1.82) is 0 Å². The molecule has 0 bridgehead atoms. The predicted molar refractivity (Wildman–Crippen MR) is 85.7 cm³/mol. The highest BCUT2D eigenvalue weighted by molar-refractivity contribution is 9.10. The number of halogens is 1. The monoisotopic (exact) mass is 368 g/mol. The summed E-state index contributed by atoms with van der Waals surface area (Å²) in [5.74, 6) is 0.699. The van der Waals surface area contributed by atoms with Gasteiger partial charge in [-0.05, 0) is 53.0 Å². The molecule has 7 heteroatoms. The Morgan fingerprint density at radius 3 is 2.59 bits per heavy atom. The van der Waals surface area contributed by atoms with E-state index in [9.17, 15) is 9.59 Å². The van der Waals surface area contributed by atoms with Crippen LogP contribution in [0.3, 0.4) is 0 Å². The number of rotatable bonds is 5. The van der Waals surface area contributed by atoms with E-state index in [1.807, 2.05) is 13.8 Å². The van der Waals surface area contributed by atoms with E-state index in [4.69, 9.17) is 9.47 Å². The summed E-state index contributed by atoms with van der Waals surface area (Å²) in [6.07, 6.45) is 2.49. The molecule has 0 aliphatic carbocycles. The molecule has 22 heavy (non-hydrogen) atoms. The van der Waals surface area contributed by atoms with Gasteiger partial charge in [-0.1, -0.05) is 6.92 Å². The number of methoxy groups -OCH3 is 1. The van der Waals surface area contributed by atoms with Gasteiger partial charge in [0.1, 0.15) is 5.70 Å². The zero-order valence-corrected chi connectivity index (χ0v) is 14.1. The van der Waals surface area contributed by atoms with Gasteiger partial charge in [0.2, 0.25) is 0 Å². The van der Waals surface area contributed by atoms with Crippen LogP contribution in [-0.2, 0) is 4.79 Å². The summed E-state index contributed by atoms with van der Waals surface area (Å²) in [6.45, 7) is 4.01. The van der Waals surface area contributed by atoms with E-state index in [2.05, 4.69) is 26.6 Å². The Balaban J connectivity index is 2.35. The van der Waals surface area contributed by atoms with Crippen LogP contribution in [-0.4, -0.2) is 25.2 Å². The van der Waals surface area contributed by atoms with Gasteiger partial charge in [-0.3, -0.25) is 10.1 Å². The van der Waals surface area contributed by atoms with E-state index in [1.165, 1.54) is 0 Å². The van der Waals surface area contributed by atoms with Gasteiger partial charge in [0, 0.05) is 0 Å². The molecule has 0 spiro atoms. The van der Waals surface area contributed by atoms with Gasteiger partial charge in [0.25, 0.3) is 5.91 Å². The average Bonchev–Trinajstić information content (AvgIpc) is 2.79. The number of ether oxygens (including phenoxy) is 2. The van der Waals surface area contributed by atoms with Crippen molar-refractivity contribution in [2.24, 2.45) is 0 Å². The van der Waals surface area contributed by atoms with Gasteiger partial charge in [0.05, 0.1) is 17.7 Å². The molecule has 1 atom stereocenters. The summed E-state index contributed by atoms with van der Waals surface area (Å²) in [7, 11) is 1.55. The summed E-state index contributed by atoms with van der Waals surface area (Å²) in [5.41, 5.74) is 0.891. The molecule has 0 aromatic heterocycles. The molecule has 1 heterocycles. The normalized spacial score (nSPS) is 17.2. The number of nitrogens with one attached hydrogen (secondary N) is 2. The fourth-order valence-corrected chi connectivity index (χ4v) is 2.42. The van der Waals surface area contributed by atoms with Crippen LogP contribution in [0.5, 0.6) is 11.5 Å². The first-order valence-electron chi connectivity index (χ1n) is 6.82. The molecule has 1 aromatic carbocycles. The van der Waals surface area contributed by atoms with Crippen LogP contribution in [0.15, 0.2) is 22.3 Å². The lowest BCUT2D eigenvalue weighted by molar-refractivity contribution is -0.115. The Hall–Kier alpha value is -2.02. The second-order valence-corrected chi connectivity index (χ2v) is 5.69. The Morgan fingerprint density at radius 1 is 1.32 bits per heavy atom. The lowest BCUT2D eigenvalue weighted by Gasteiger charge is -2.17. The van der Waals surface area contributed by atoms with Gasteiger partial charge in [-0.15, -0.1) is 0 Å². The zero-order chi connectivity index (χ0) is 16.3. The van der Waals surface area contributed by atoms with Gasteiger partial charge in [-0.25, -0.2) is 4.79 Å². The lowest BCUT2D eigenvalue weighted by Crippen LogP contribution is -2.22. The van der Waals surface area contributed by atoms with Gasteiger partial charge >= 0.3 is 6.03 Å². The Morgan fingerprint density at radius 2 is 2.05 bits per heavy atom. The van der Waals surface area contributed by atoms with Crippen molar-refractivity contribution in [3.05, 3.63) is 27.9 Å². The molecule has 1 aromatic rings. The third-order valence-corrected chi connectivity index (χ3v) is 3.77. The fourth-order valence-electron chi connectivity index (χ4n) is 1.87. The quantitative estimate of drug-likeness (QED) is 0.618. The molecular formula is C15H17BrN2O4. The van der Waals surface area contributed by atoms with Crippen LogP contribution < -0.4 is 20.1 Å². The van der Waals surface area contributed by atoms with E-state index < -0.39 is 11.9 Å². The third kappa shape index (κ3) is 3.59. The molecule has 118 valence electrons. The summed E-state index contributed by atoms with van der Waals surface area (Å²) in [5, 5.41) is 4.59. The van der Waals surface area contributed by atoms with Gasteiger partial charge in [0.15, 0.2) is 11.5 Å². The molecule has 6 nitrogen and oxygen atoms in total. The molecule has 1 fully saturated rings. The number of carbonyl (C=O) groups excluding carboxylic acids is 2. The van der Waals surface area contributed by atoms with E-state index in [-0.39, 0.29) is 11.8 Å². The topological polar surface area (TPSA) is 76.7 Å². The SMILES string of the molecule is CC[C@@H](C)Oc1c(Br)cc(/C=C2\NC(=O)NC2=O)cc1OC. The Bertz CT molecular complexity index is 643. The second-order valence-electron chi connectivity index (χ2n) is 4.84. The van der Waals surface area contributed by atoms with Crippen molar-refractivity contribution in [3.8, 4) is 11.5 Å². The molecule has 1 saturated heterocycles. The van der Waals surface area contributed by atoms with Crippen LogP contribution >= 0.6 is 15.9 Å². The number of hydrogen-bond acceptors (Lipinski definition) is 4. The number of imide groups is 1. The summed E-state index contributed by atoms with van der Waals surface area (Å²) in [6, 6.07) is 3.01. The smallest absolute Gasteiger partial charge is 0.326 e. The highest BCUT2D eigenvalue weighted by Gasteiger charge is 2.23. The second kappa shape index (κ2) is 6.83. The lowest BCUT2D eigenvalue weighted by atomic mass is 10.1. The zero-order valence-electron chi connectivity index (χ0n) is 12.5. The number of carbonyl (C=O) groups is 2. The summed E-state index contributed by atoms with van der Waals surface area (Å²) < 4.78 is 11.9. The van der Waals surface area contributed by atoms with Crippen LogP contribution in [0.2, 0.25) is 0 Å². The summed E-state index contributed by atoms with van der Waals surface area (Å²) >= 11 is 3.45. The fraction of sp³-hybridized carbons (Fsp3) is 0.333. The minimum atomic E-state index is -0.529. The molecule has 0 unspecified atom stereocenters. The molecule has 0 saturated carbocycles. The highest BCUT2D eigenvalue weighted by atomic mass is 79.9. The number of benzene rings is 1. The van der Waals surface area contributed by atoms with E-state index >= 15 is 0 Å². The van der Waals surface area contributed by atoms with Crippen LogP contribution in [0, 0.1) is 0 Å². The van der Waals surface area contributed by atoms with Gasteiger partial charge in [-0.2, -0.15) is 0 Å². The van der Waals surface area contributed by atoms with Crippen molar-refractivity contribution in [3.63, 3.8) is 0 Å². The molecule has 2 rings (SSSR count). The van der Waals surface area contributed by atoms with Crippen molar-refractivity contribution < 1.29 is 19.1 Å². The number of amides is 3. The largest absolute Gasteiger partial charge is 0.493 e. The minimum absolute atomic E-state index is 0.0503. The van der Waals surface area contributed by atoms with Gasteiger partial charge < -0.3 is 14.8 Å². The first-order valence-corrected chi connectivity index (χ1v) is 7.62. The van der Waals surface area contributed by atoms with Crippen molar-refractivity contribution >= 4 is 33.9 Å². The average molecular weight is 369 g/mol. The molecule has 3 amide bonds. The molecule has 2 N–H and O–H groups in total. The minimum Gasteiger partial charge on any atom is -0.493 e. The van der Waals surface area contributed by atoms with E-state index in [0.29, 0.717) is 21.5 Å². The molecule has 0 radical (unpaired) electrons. The first kappa shape index (κ1) is 16.4. The van der Waals surface area contributed by atoms with Crippen molar-refractivity contribution in [1.82, 2.24) is 10.6 Å². The van der Waals surface area contributed by atoms with Crippen LogP contribution in [0.25, 0.3) is 6.08 Å². The predicted octanol–water partition coefficient (Wildman–Crippen LogP) is 2.82. The first-order chi connectivity index (χ1) is 10.4. The number of hydrogen-bond donors (Lipinski definition) is 2. The molecule has 1 aliphatic rings. The number of urea groups is 1. The molecule has 1 aliphatic heterocycles. The summed E-state index contributed by atoms with van der Waals surface area (Å²) in [4.78, 5) is 22.7. The van der Waals surface area contributed by atoms with E-state index in [1.54, 1.807) is 25.3 Å². The third-order valence-electron chi connectivity index (χ3n) is 3.18. The van der Waals surface area contributed by atoms with Crippen LogP contribution in [0.1, 0.15) is 25.8 Å². The van der Waals surface area contributed by atoms with Crippen molar-refractivity contribution in [2.75, 3.05) is 7.11 Å². The highest BCUT2D eigenvalue weighted by Crippen LogP contribution is 2.38. The Kier molecular flexibility index (Phi) is 5.07. The maximum absolute atomic E-state index is 11.5. The van der Waals surface area contributed by atoms with Crippen molar-refractivity contribution in [2.45, 2.75) is 26.4 Å². The molecular weight excluding hydrogens is 352 g/mol. The standard InChI is InChI=1S/C15H17BrN2O4/c1-4-8(2)22-13-10(16)5-9(7-12(13)21-3)6-11-14(19)18-15(20)17-11/h5-8H,4H2,1-3H3,(H2,17,18,19,20)/b11-6-/t8-/m1/s1. The maximum Gasteiger partial charge on any atom is 0.326 e.